The van der Waals surface area contributed by atoms with E-state index in [2.05, 4.69) is 22.5 Å². The van der Waals surface area contributed by atoms with E-state index in [0.29, 0.717) is 0 Å². The maximum Gasteiger partial charge on any atom is 0.128 e. The molecule has 1 aliphatic rings. The van der Waals surface area contributed by atoms with Crippen molar-refractivity contribution in [2.75, 3.05) is 19.0 Å². The highest BCUT2D eigenvalue weighted by Gasteiger charge is 2.15. The molecule has 2 heterocycles. The van der Waals surface area contributed by atoms with Crippen molar-refractivity contribution in [1.82, 2.24) is 9.78 Å². The van der Waals surface area contributed by atoms with Gasteiger partial charge in [0.15, 0.2) is 0 Å². The number of anilines is 1. The van der Waals surface area contributed by atoms with Crippen LogP contribution in [0.15, 0.2) is 24.5 Å². The molecule has 1 aliphatic heterocycles. The monoisotopic (exact) mass is 243 g/mol. The zero-order valence-corrected chi connectivity index (χ0v) is 10.7. The summed E-state index contributed by atoms with van der Waals surface area (Å²) in [6.07, 6.45) is 6.20. The van der Waals surface area contributed by atoms with Crippen LogP contribution in [0.3, 0.4) is 0 Å². The molecule has 0 bridgehead atoms. The molecule has 0 atom stereocenters. The van der Waals surface area contributed by atoms with Crippen LogP contribution < -0.4 is 10.1 Å². The predicted octanol–water partition coefficient (Wildman–Crippen LogP) is 2.45. The predicted molar refractivity (Wildman–Crippen MR) is 72.0 cm³/mol. The third kappa shape index (κ3) is 1.83. The molecule has 0 spiro atoms. The molecule has 0 radical (unpaired) electrons. The van der Waals surface area contributed by atoms with Gasteiger partial charge >= 0.3 is 0 Å². The minimum atomic E-state index is 0.899. The van der Waals surface area contributed by atoms with E-state index in [1.165, 1.54) is 17.7 Å². The summed E-state index contributed by atoms with van der Waals surface area (Å²) in [6.45, 7) is 1.04. The Morgan fingerprint density at radius 2 is 2.28 bits per heavy atom. The van der Waals surface area contributed by atoms with Crippen LogP contribution in [0.2, 0.25) is 0 Å². The van der Waals surface area contributed by atoms with Crippen LogP contribution in [-0.4, -0.2) is 23.4 Å². The van der Waals surface area contributed by atoms with E-state index >= 15 is 0 Å². The zero-order valence-electron chi connectivity index (χ0n) is 10.7. The molecular formula is C14H17N3O. The number of hydrogen-bond donors (Lipinski definition) is 1. The first-order valence-electron chi connectivity index (χ1n) is 6.22. The van der Waals surface area contributed by atoms with E-state index in [4.69, 9.17) is 4.74 Å². The maximum atomic E-state index is 5.50. The van der Waals surface area contributed by atoms with Gasteiger partial charge in [-0.3, -0.25) is 4.68 Å². The maximum absolute atomic E-state index is 5.50. The summed E-state index contributed by atoms with van der Waals surface area (Å²) in [6, 6.07) is 4.31. The van der Waals surface area contributed by atoms with Gasteiger partial charge in [-0.15, -0.1) is 0 Å². The number of aromatic nitrogens is 2. The number of methoxy groups -OCH3 is 1. The molecule has 0 saturated carbocycles. The van der Waals surface area contributed by atoms with Gasteiger partial charge in [0.1, 0.15) is 5.75 Å². The highest BCUT2D eigenvalue weighted by Crippen LogP contribution is 2.36. The Balaban J connectivity index is 2.12. The fourth-order valence-electron chi connectivity index (χ4n) is 2.45. The Bertz CT molecular complexity index is 574. The summed E-state index contributed by atoms with van der Waals surface area (Å²) in [7, 11) is 3.64. The molecule has 0 unspecified atom stereocenters. The first-order valence-corrected chi connectivity index (χ1v) is 6.22. The third-order valence-electron chi connectivity index (χ3n) is 3.38. The van der Waals surface area contributed by atoms with E-state index in [-0.39, 0.29) is 0 Å². The lowest BCUT2D eigenvalue weighted by Crippen LogP contribution is -2.11. The summed E-state index contributed by atoms with van der Waals surface area (Å²) in [5.74, 6) is 0.899. The van der Waals surface area contributed by atoms with Crippen molar-refractivity contribution < 1.29 is 4.74 Å². The van der Waals surface area contributed by atoms with Crippen LogP contribution in [0.1, 0.15) is 12.0 Å². The summed E-state index contributed by atoms with van der Waals surface area (Å²) in [5, 5.41) is 7.65. The lowest BCUT2D eigenvalue weighted by Gasteiger charge is -2.20. The molecule has 2 aromatic rings. The second kappa shape index (κ2) is 4.37. The quantitative estimate of drug-likeness (QED) is 0.880. The van der Waals surface area contributed by atoms with Gasteiger partial charge in [-0.25, -0.2) is 0 Å². The molecule has 1 aromatic heterocycles. The van der Waals surface area contributed by atoms with Crippen LogP contribution in [0.25, 0.3) is 11.1 Å². The molecule has 0 fully saturated rings. The van der Waals surface area contributed by atoms with Crippen LogP contribution in [0, 0.1) is 0 Å². The van der Waals surface area contributed by atoms with Gasteiger partial charge in [0.05, 0.1) is 13.3 Å². The third-order valence-corrected chi connectivity index (χ3v) is 3.38. The van der Waals surface area contributed by atoms with Crippen molar-refractivity contribution in [3.8, 4) is 16.9 Å². The fourth-order valence-corrected chi connectivity index (χ4v) is 2.45. The first kappa shape index (κ1) is 11.1. The molecule has 0 amide bonds. The van der Waals surface area contributed by atoms with Crippen molar-refractivity contribution in [2.24, 2.45) is 7.05 Å². The lowest BCUT2D eigenvalue weighted by molar-refractivity contribution is 0.416. The summed E-state index contributed by atoms with van der Waals surface area (Å²) >= 11 is 0. The molecule has 4 nitrogen and oxygen atoms in total. The largest absolute Gasteiger partial charge is 0.496 e. The molecular weight excluding hydrogens is 226 g/mol. The Labute approximate surface area is 107 Å². The van der Waals surface area contributed by atoms with E-state index in [0.717, 1.165) is 29.8 Å². The molecule has 18 heavy (non-hydrogen) atoms. The number of hydrogen-bond acceptors (Lipinski definition) is 3. The van der Waals surface area contributed by atoms with Crippen molar-refractivity contribution in [3.05, 3.63) is 30.1 Å². The van der Waals surface area contributed by atoms with E-state index in [1.54, 1.807) is 7.11 Å². The molecule has 4 heteroatoms. The van der Waals surface area contributed by atoms with Crippen LogP contribution in [0.4, 0.5) is 5.69 Å². The van der Waals surface area contributed by atoms with Crippen LogP contribution >= 0.6 is 0 Å². The number of rotatable bonds is 2. The first-order chi connectivity index (χ1) is 8.78. The van der Waals surface area contributed by atoms with Crippen molar-refractivity contribution >= 4 is 5.69 Å². The topological polar surface area (TPSA) is 39.1 Å². The normalized spacial score (nSPS) is 13.9. The molecule has 3 rings (SSSR count). The van der Waals surface area contributed by atoms with Gasteiger partial charge in [-0.05, 0) is 24.5 Å². The summed E-state index contributed by atoms with van der Waals surface area (Å²) in [4.78, 5) is 0. The highest BCUT2D eigenvalue weighted by atomic mass is 16.5. The van der Waals surface area contributed by atoms with Gasteiger partial charge in [-0.2, -0.15) is 5.10 Å². The average Bonchev–Trinajstić information content (AvgIpc) is 2.83. The minimum Gasteiger partial charge on any atom is -0.496 e. The van der Waals surface area contributed by atoms with Crippen molar-refractivity contribution in [2.45, 2.75) is 12.8 Å². The van der Waals surface area contributed by atoms with E-state index in [1.807, 2.05) is 24.1 Å². The number of ether oxygens (including phenoxy) is 1. The highest BCUT2D eigenvalue weighted by molar-refractivity contribution is 5.75. The van der Waals surface area contributed by atoms with Gasteiger partial charge in [0.25, 0.3) is 0 Å². The standard InChI is InChI=1S/C14H17N3O/c1-17-9-11(8-16-17)12-6-10-4-3-5-15-13(10)7-14(12)18-2/h6-9,15H,3-5H2,1-2H3. The second-order valence-corrected chi connectivity index (χ2v) is 4.64. The van der Waals surface area contributed by atoms with Crippen molar-refractivity contribution in [1.29, 1.82) is 0 Å². The number of benzene rings is 1. The Morgan fingerprint density at radius 1 is 1.39 bits per heavy atom. The average molecular weight is 243 g/mol. The molecule has 1 aromatic carbocycles. The minimum absolute atomic E-state index is 0.899. The van der Waals surface area contributed by atoms with Gasteiger partial charge in [-0.1, -0.05) is 0 Å². The van der Waals surface area contributed by atoms with E-state index in [9.17, 15) is 0 Å². The Kier molecular flexibility index (Phi) is 2.70. The summed E-state index contributed by atoms with van der Waals surface area (Å²) in [5.41, 5.74) is 4.78. The second-order valence-electron chi connectivity index (χ2n) is 4.64. The number of fused-ring (bicyclic) bond motifs is 1. The molecule has 0 aliphatic carbocycles. The fraction of sp³-hybridized carbons (Fsp3) is 0.357. The number of nitrogens with one attached hydrogen (secondary N) is 1. The zero-order chi connectivity index (χ0) is 12.5. The lowest BCUT2D eigenvalue weighted by atomic mass is 9.97. The van der Waals surface area contributed by atoms with Gasteiger partial charge in [0.2, 0.25) is 0 Å². The number of nitrogens with zero attached hydrogens (tertiary/aromatic N) is 2. The molecule has 0 saturated heterocycles. The molecule has 1 N–H and O–H groups in total. The Hall–Kier alpha value is -1.97. The van der Waals surface area contributed by atoms with Gasteiger partial charge in [0, 0.05) is 42.7 Å². The summed E-state index contributed by atoms with van der Waals surface area (Å²) < 4.78 is 7.31. The van der Waals surface area contributed by atoms with Gasteiger partial charge < -0.3 is 10.1 Å². The molecule has 94 valence electrons. The SMILES string of the molecule is COc1cc2c(cc1-c1cnn(C)c1)CCCN2. The van der Waals surface area contributed by atoms with Crippen molar-refractivity contribution in [3.63, 3.8) is 0 Å². The Morgan fingerprint density at radius 3 is 3.00 bits per heavy atom. The van der Waals surface area contributed by atoms with Crippen LogP contribution in [-0.2, 0) is 13.5 Å². The number of aryl methyl sites for hydroxylation is 2. The van der Waals surface area contributed by atoms with Crippen LogP contribution in [0.5, 0.6) is 5.75 Å². The van der Waals surface area contributed by atoms with E-state index < -0.39 is 0 Å². The smallest absolute Gasteiger partial charge is 0.128 e.